The largest absolute Gasteiger partial charge is 0.444 e. The van der Waals surface area contributed by atoms with Crippen LogP contribution in [0.25, 0.3) is 0 Å². The van der Waals surface area contributed by atoms with Crippen LogP contribution in [0.4, 0.5) is 4.79 Å². The van der Waals surface area contributed by atoms with Gasteiger partial charge in [-0.1, -0.05) is 12.1 Å². The maximum Gasteiger partial charge on any atom is 0.408 e. The highest BCUT2D eigenvalue weighted by atomic mass is 32.2. The summed E-state index contributed by atoms with van der Waals surface area (Å²) < 4.78 is 30.9. The van der Waals surface area contributed by atoms with Crippen molar-refractivity contribution in [3.8, 4) is 0 Å². The summed E-state index contributed by atoms with van der Waals surface area (Å²) in [5, 5.41) is 3.02. The van der Waals surface area contributed by atoms with Crippen LogP contribution in [-0.4, -0.2) is 49.3 Å². The molecular formula is C24H34N2O5S. The van der Waals surface area contributed by atoms with Gasteiger partial charge in [-0.05, 0) is 82.9 Å². The molecule has 5 rings (SSSR count). The van der Waals surface area contributed by atoms with Crippen molar-refractivity contribution in [3.63, 3.8) is 0 Å². The smallest absolute Gasteiger partial charge is 0.408 e. The Hall–Kier alpha value is -2.09. The van der Waals surface area contributed by atoms with E-state index in [4.69, 9.17) is 4.74 Å². The van der Waals surface area contributed by atoms with Gasteiger partial charge in [-0.15, -0.1) is 0 Å². The van der Waals surface area contributed by atoms with E-state index in [2.05, 4.69) is 5.32 Å². The van der Waals surface area contributed by atoms with E-state index >= 15 is 0 Å². The van der Waals surface area contributed by atoms with Crippen molar-refractivity contribution in [2.45, 2.75) is 81.4 Å². The molecule has 2 saturated heterocycles. The molecule has 32 heavy (non-hydrogen) atoms. The van der Waals surface area contributed by atoms with Crippen LogP contribution >= 0.6 is 0 Å². The maximum atomic E-state index is 12.8. The number of hydrogen-bond donors (Lipinski definition) is 1. The zero-order valence-corrected chi connectivity index (χ0v) is 20.2. The molecule has 8 heteroatoms. The summed E-state index contributed by atoms with van der Waals surface area (Å²) in [6.07, 6.45) is 4.56. The van der Waals surface area contributed by atoms with Crippen molar-refractivity contribution in [1.82, 2.24) is 10.2 Å². The lowest BCUT2D eigenvalue weighted by Crippen LogP contribution is -2.65. The minimum Gasteiger partial charge on any atom is -0.444 e. The number of piperidine rings is 2. The Morgan fingerprint density at radius 2 is 1.75 bits per heavy atom. The summed E-state index contributed by atoms with van der Waals surface area (Å²) in [6, 6.07) is 6.31. The molecule has 2 aliphatic carbocycles. The van der Waals surface area contributed by atoms with E-state index < -0.39 is 33.1 Å². The Balaban J connectivity index is 1.66. The van der Waals surface area contributed by atoms with Gasteiger partial charge in [-0.3, -0.25) is 4.79 Å². The highest BCUT2D eigenvalue weighted by molar-refractivity contribution is 7.91. The predicted octanol–water partition coefficient (Wildman–Crippen LogP) is 3.84. The number of ether oxygens (including phenoxy) is 1. The summed E-state index contributed by atoms with van der Waals surface area (Å²) in [6.45, 7) is 5.42. The number of sulfone groups is 1. The number of benzene rings is 1. The highest BCUT2D eigenvalue weighted by Crippen LogP contribution is 2.49. The van der Waals surface area contributed by atoms with Gasteiger partial charge < -0.3 is 15.0 Å². The number of likely N-dealkylation sites (N-methyl/N-ethyl adjacent to an activating group) is 1. The van der Waals surface area contributed by atoms with Gasteiger partial charge in [0.05, 0.1) is 22.2 Å². The fourth-order valence-electron chi connectivity index (χ4n) is 5.19. The van der Waals surface area contributed by atoms with Crippen molar-refractivity contribution in [1.29, 1.82) is 0 Å². The molecular weight excluding hydrogens is 428 g/mol. The van der Waals surface area contributed by atoms with E-state index in [9.17, 15) is 18.0 Å². The summed E-state index contributed by atoms with van der Waals surface area (Å²) in [5.41, 5.74) is -0.433. The van der Waals surface area contributed by atoms with Crippen LogP contribution in [0.2, 0.25) is 0 Å². The first-order valence-corrected chi connectivity index (χ1v) is 13.2. The third-order valence-electron chi connectivity index (χ3n) is 7.12. The van der Waals surface area contributed by atoms with Crippen LogP contribution in [0.3, 0.4) is 0 Å². The van der Waals surface area contributed by atoms with Crippen LogP contribution in [0.1, 0.15) is 70.9 Å². The molecule has 1 aromatic rings. The van der Waals surface area contributed by atoms with E-state index in [0.717, 1.165) is 44.1 Å². The molecule has 1 unspecified atom stereocenters. The Morgan fingerprint density at radius 1 is 1.16 bits per heavy atom. The quantitative estimate of drug-likeness (QED) is 0.693. The topological polar surface area (TPSA) is 92.8 Å². The normalized spacial score (nSPS) is 26.7. The molecule has 0 spiro atoms. The molecule has 2 amide bonds. The van der Waals surface area contributed by atoms with Crippen LogP contribution in [0.5, 0.6) is 0 Å². The zero-order valence-electron chi connectivity index (χ0n) is 19.4. The summed E-state index contributed by atoms with van der Waals surface area (Å²) in [5.74, 6) is 0.632. The molecule has 4 aliphatic rings. The second-order valence-electron chi connectivity index (χ2n) is 10.6. The first kappa shape index (κ1) is 23.1. The standard InChI is InChI=1S/C24H34N2O5S/c1-23(2,3)31-22(28)25-20(24-13-11-18(12-14-24)21(27)26(24)4)17-7-9-19(10-8-17)32(29,30)15-16-5-6-16/h7-10,16,18,20H,5-6,11-15H2,1-4H3,(H,25,28). The molecule has 7 nitrogen and oxygen atoms in total. The first-order valence-electron chi connectivity index (χ1n) is 11.5. The molecule has 176 valence electrons. The van der Waals surface area contributed by atoms with Crippen molar-refractivity contribution in [2.24, 2.45) is 11.8 Å². The highest BCUT2D eigenvalue weighted by Gasteiger charge is 2.54. The van der Waals surface area contributed by atoms with Gasteiger partial charge in [0.15, 0.2) is 9.84 Å². The number of amides is 2. The lowest BCUT2D eigenvalue weighted by Gasteiger charge is -2.56. The Morgan fingerprint density at radius 3 is 2.28 bits per heavy atom. The van der Waals surface area contributed by atoms with Crippen LogP contribution < -0.4 is 5.32 Å². The van der Waals surface area contributed by atoms with Gasteiger partial charge in [0.1, 0.15) is 5.60 Å². The van der Waals surface area contributed by atoms with Crippen LogP contribution in [0, 0.1) is 11.8 Å². The average molecular weight is 463 g/mol. The number of rotatable bonds is 6. The second kappa shape index (κ2) is 8.04. The summed E-state index contributed by atoms with van der Waals surface area (Å²) in [7, 11) is -1.51. The van der Waals surface area contributed by atoms with Crippen molar-refractivity contribution >= 4 is 21.8 Å². The van der Waals surface area contributed by atoms with Gasteiger partial charge in [-0.2, -0.15) is 0 Å². The summed E-state index contributed by atoms with van der Waals surface area (Å²) in [4.78, 5) is 27.7. The predicted molar refractivity (Wildman–Crippen MR) is 121 cm³/mol. The Bertz CT molecular complexity index is 984. The van der Waals surface area contributed by atoms with Crippen LogP contribution in [0.15, 0.2) is 29.2 Å². The zero-order chi connectivity index (χ0) is 23.3. The molecule has 2 heterocycles. The minimum absolute atomic E-state index is 0.0546. The first-order chi connectivity index (χ1) is 14.9. The van der Waals surface area contributed by atoms with Crippen molar-refractivity contribution in [2.75, 3.05) is 12.8 Å². The van der Waals surface area contributed by atoms with Gasteiger partial charge in [0.25, 0.3) is 0 Å². The third kappa shape index (κ3) is 4.51. The van der Waals surface area contributed by atoms with Gasteiger partial charge in [0.2, 0.25) is 5.91 Å². The SMILES string of the molecule is CN1C(=O)C2CCC1(C(NC(=O)OC(C)(C)C)c1ccc(S(=O)(=O)CC3CC3)cc1)CC2. The fraction of sp³-hybridized carbons (Fsp3) is 0.667. The fourth-order valence-corrected chi connectivity index (χ4v) is 6.88. The molecule has 2 bridgehead atoms. The van der Waals surface area contributed by atoms with Crippen molar-refractivity contribution < 1.29 is 22.7 Å². The molecule has 2 saturated carbocycles. The molecule has 2 aliphatic heterocycles. The number of nitrogens with one attached hydrogen (secondary N) is 1. The third-order valence-corrected chi connectivity index (χ3v) is 9.02. The molecule has 1 atom stereocenters. The number of carbonyl (C=O) groups is 2. The van der Waals surface area contributed by atoms with E-state index in [1.54, 1.807) is 49.9 Å². The van der Waals surface area contributed by atoms with Gasteiger partial charge in [0, 0.05) is 13.0 Å². The lowest BCUT2D eigenvalue weighted by molar-refractivity contribution is -0.156. The number of nitrogens with zero attached hydrogens (tertiary/aromatic N) is 1. The number of carbonyl (C=O) groups excluding carboxylic acids is 2. The van der Waals surface area contributed by atoms with E-state index in [0.29, 0.717) is 4.90 Å². The second-order valence-corrected chi connectivity index (χ2v) is 12.7. The van der Waals surface area contributed by atoms with E-state index in [-0.39, 0.29) is 23.5 Å². The average Bonchev–Trinajstić information content (AvgIpc) is 3.52. The monoisotopic (exact) mass is 462 g/mol. The Kier molecular flexibility index (Phi) is 5.80. The van der Waals surface area contributed by atoms with Gasteiger partial charge in [-0.25, -0.2) is 13.2 Å². The van der Waals surface area contributed by atoms with E-state index in [1.807, 2.05) is 7.05 Å². The molecule has 1 N–H and O–H groups in total. The Labute approximate surface area is 190 Å². The molecule has 4 fully saturated rings. The van der Waals surface area contributed by atoms with Crippen molar-refractivity contribution in [3.05, 3.63) is 29.8 Å². The molecule has 1 aromatic carbocycles. The minimum atomic E-state index is -3.32. The number of fused-ring (bicyclic) bond motifs is 3. The lowest BCUT2D eigenvalue weighted by atomic mass is 9.65. The number of alkyl carbamates (subject to hydrolysis) is 1. The molecule has 0 radical (unpaired) electrons. The van der Waals surface area contributed by atoms with E-state index in [1.165, 1.54) is 0 Å². The number of hydrogen-bond acceptors (Lipinski definition) is 5. The summed E-state index contributed by atoms with van der Waals surface area (Å²) >= 11 is 0. The van der Waals surface area contributed by atoms with Crippen LogP contribution in [-0.2, 0) is 19.4 Å². The maximum absolute atomic E-state index is 12.8. The van der Waals surface area contributed by atoms with Gasteiger partial charge >= 0.3 is 6.09 Å². The molecule has 0 aromatic heterocycles.